The minimum Gasteiger partial charge on any atom is -0.314 e. The molecule has 1 rings (SSSR count). The maximum Gasteiger partial charge on any atom is 0.0111 e. The van der Waals surface area contributed by atoms with Crippen LogP contribution in [0.5, 0.6) is 0 Å². The Kier molecular flexibility index (Phi) is 6.37. The first kappa shape index (κ1) is 14.0. The van der Waals surface area contributed by atoms with Crippen molar-refractivity contribution >= 4 is 0 Å². The van der Waals surface area contributed by atoms with Crippen LogP contribution in [-0.4, -0.2) is 36.6 Å². The van der Waals surface area contributed by atoms with Crippen molar-refractivity contribution in [1.82, 2.24) is 10.2 Å². The molecule has 0 amide bonds. The lowest BCUT2D eigenvalue weighted by Gasteiger charge is -2.29. The quantitative estimate of drug-likeness (QED) is 0.718. The maximum absolute atomic E-state index is 3.67. The van der Waals surface area contributed by atoms with E-state index in [2.05, 4.69) is 37.9 Å². The van der Waals surface area contributed by atoms with Crippen LogP contribution in [0.1, 0.15) is 53.4 Å². The smallest absolute Gasteiger partial charge is 0.0111 e. The molecule has 0 aromatic carbocycles. The molecule has 2 unspecified atom stereocenters. The molecule has 0 aromatic rings. The van der Waals surface area contributed by atoms with E-state index in [0.717, 1.165) is 18.0 Å². The van der Waals surface area contributed by atoms with Crippen LogP contribution in [0.3, 0.4) is 0 Å². The van der Waals surface area contributed by atoms with Crippen molar-refractivity contribution in [1.29, 1.82) is 0 Å². The second-order valence-electron chi connectivity index (χ2n) is 5.60. The van der Waals surface area contributed by atoms with E-state index in [1.807, 2.05) is 0 Å². The molecule has 0 heterocycles. The van der Waals surface area contributed by atoms with Crippen LogP contribution in [0.25, 0.3) is 0 Å². The Labute approximate surface area is 102 Å². The SMILES string of the molecule is CCCNC1CCC(N(CC)CC(C)C)C1. The van der Waals surface area contributed by atoms with Crippen molar-refractivity contribution in [3.63, 3.8) is 0 Å². The molecule has 2 nitrogen and oxygen atoms in total. The molecular formula is C14H30N2. The standard InChI is InChI=1S/C14H30N2/c1-5-9-15-13-7-8-14(10-13)16(6-2)11-12(3)4/h12-15H,5-11H2,1-4H3. The van der Waals surface area contributed by atoms with E-state index < -0.39 is 0 Å². The first-order valence-electron chi connectivity index (χ1n) is 7.14. The Balaban J connectivity index is 2.31. The van der Waals surface area contributed by atoms with Gasteiger partial charge in [0.25, 0.3) is 0 Å². The molecule has 0 spiro atoms. The summed E-state index contributed by atoms with van der Waals surface area (Å²) in [5.41, 5.74) is 0. The molecular weight excluding hydrogens is 196 g/mol. The predicted octanol–water partition coefficient (Wildman–Crippen LogP) is 2.89. The maximum atomic E-state index is 3.67. The van der Waals surface area contributed by atoms with Gasteiger partial charge in [0, 0.05) is 18.6 Å². The van der Waals surface area contributed by atoms with Crippen LogP contribution in [0.2, 0.25) is 0 Å². The Bertz CT molecular complexity index is 180. The number of rotatable bonds is 7. The van der Waals surface area contributed by atoms with E-state index in [1.165, 1.54) is 45.3 Å². The van der Waals surface area contributed by atoms with Gasteiger partial charge in [0.1, 0.15) is 0 Å². The lowest BCUT2D eigenvalue weighted by Crippen LogP contribution is -2.37. The number of nitrogens with zero attached hydrogens (tertiary/aromatic N) is 1. The monoisotopic (exact) mass is 226 g/mol. The van der Waals surface area contributed by atoms with Gasteiger partial charge in [-0.15, -0.1) is 0 Å². The molecule has 0 bridgehead atoms. The highest BCUT2D eigenvalue weighted by Gasteiger charge is 2.28. The molecule has 1 N–H and O–H groups in total. The van der Waals surface area contributed by atoms with E-state index in [9.17, 15) is 0 Å². The van der Waals surface area contributed by atoms with Gasteiger partial charge in [0.05, 0.1) is 0 Å². The summed E-state index contributed by atoms with van der Waals surface area (Å²) in [6, 6.07) is 1.62. The van der Waals surface area contributed by atoms with E-state index >= 15 is 0 Å². The van der Waals surface area contributed by atoms with E-state index in [-0.39, 0.29) is 0 Å². The van der Waals surface area contributed by atoms with Crippen LogP contribution in [0.4, 0.5) is 0 Å². The fourth-order valence-corrected chi connectivity index (χ4v) is 2.83. The van der Waals surface area contributed by atoms with Crippen LogP contribution in [-0.2, 0) is 0 Å². The fourth-order valence-electron chi connectivity index (χ4n) is 2.83. The van der Waals surface area contributed by atoms with Gasteiger partial charge < -0.3 is 10.2 Å². The van der Waals surface area contributed by atoms with Crippen molar-refractivity contribution in [2.24, 2.45) is 5.92 Å². The molecule has 0 aromatic heterocycles. The lowest BCUT2D eigenvalue weighted by atomic mass is 10.1. The zero-order valence-electron chi connectivity index (χ0n) is 11.6. The topological polar surface area (TPSA) is 15.3 Å². The Morgan fingerprint density at radius 2 is 2.00 bits per heavy atom. The molecule has 1 aliphatic rings. The van der Waals surface area contributed by atoms with Crippen LogP contribution in [0.15, 0.2) is 0 Å². The summed E-state index contributed by atoms with van der Waals surface area (Å²) in [6.07, 6.45) is 5.38. The summed E-state index contributed by atoms with van der Waals surface area (Å²) in [5, 5.41) is 3.67. The molecule has 96 valence electrons. The van der Waals surface area contributed by atoms with E-state index in [1.54, 1.807) is 0 Å². The zero-order chi connectivity index (χ0) is 12.0. The number of nitrogens with one attached hydrogen (secondary N) is 1. The molecule has 1 saturated carbocycles. The third-order valence-corrected chi connectivity index (χ3v) is 3.61. The van der Waals surface area contributed by atoms with Gasteiger partial charge in [-0.1, -0.05) is 27.7 Å². The first-order chi connectivity index (χ1) is 7.67. The third kappa shape index (κ3) is 4.42. The Morgan fingerprint density at radius 1 is 1.25 bits per heavy atom. The summed E-state index contributed by atoms with van der Waals surface area (Å²) in [7, 11) is 0. The normalized spacial score (nSPS) is 25.9. The van der Waals surface area contributed by atoms with Crippen LogP contribution >= 0.6 is 0 Å². The number of hydrogen-bond donors (Lipinski definition) is 1. The van der Waals surface area contributed by atoms with Gasteiger partial charge in [0.15, 0.2) is 0 Å². The Morgan fingerprint density at radius 3 is 2.56 bits per heavy atom. The van der Waals surface area contributed by atoms with Crippen LogP contribution in [0, 0.1) is 5.92 Å². The van der Waals surface area contributed by atoms with Gasteiger partial charge in [0.2, 0.25) is 0 Å². The highest BCUT2D eigenvalue weighted by atomic mass is 15.2. The van der Waals surface area contributed by atoms with Crippen molar-refractivity contribution in [3.8, 4) is 0 Å². The van der Waals surface area contributed by atoms with Gasteiger partial charge in [-0.2, -0.15) is 0 Å². The van der Waals surface area contributed by atoms with Gasteiger partial charge in [-0.05, 0) is 44.7 Å². The van der Waals surface area contributed by atoms with Crippen molar-refractivity contribution < 1.29 is 0 Å². The predicted molar refractivity (Wildman–Crippen MR) is 71.8 cm³/mol. The molecule has 1 aliphatic carbocycles. The summed E-state index contributed by atoms with van der Waals surface area (Å²) >= 11 is 0. The molecule has 1 fully saturated rings. The number of hydrogen-bond acceptors (Lipinski definition) is 2. The molecule has 2 atom stereocenters. The third-order valence-electron chi connectivity index (χ3n) is 3.61. The van der Waals surface area contributed by atoms with E-state index in [4.69, 9.17) is 0 Å². The largest absolute Gasteiger partial charge is 0.314 e. The lowest BCUT2D eigenvalue weighted by molar-refractivity contribution is 0.184. The summed E-state index contributed by atoms with van der Waals surface area (Å²) < 4.78 is 0. The minimum absolute atomic E-state index is 0.783. The summed E-state index contributed by atoms with van der Waals surface area (Å²) in [6.45, 7) is 12.9. The Hall–Kier alpha value is -0.0800. The average molecular weight is 226 g/mol. The fraction of sp³-hybridized carbons (Fsp3) is 1.00. The molecule has 0 saturated heterocycles. The molecule has 2 heteroatoms. The van der Waals surface area contributed by atoms with Crippen molar-refractivity contribution in [3.05, 3.63) is 0 Å². The second kappa shape index (κ2) is 7.29. The summed E-state index contributed by atoms with van der Waals surface area (Å²) in [5.74, 6) is 0.794. The second-order valence-corrected chi connectivity index (χ2v) is 5.60. The summed E-state index contributed by atoms with van der Waals surface area (Å²) in [4.78, 5) is 2.68. The van der Waals surface area contributed by atoms with E-state index in [0.29, 0.717) is 0 Å². The highest BCUT2D eigenvalue weighted by molar-refractivity contribution is 4.86. The molecule has 16 heavy (non-hydrogen) atoms. The molecule has 0 radical (unpaired) electrons. The minimum atomic E-state index is 0.783. The molecule has 0 aliphatic heterocycles. The van der Waals surface area contributed by atoms with Crippen LogP contribution < -0.4 is 5.32 Å². The van der Waals surface area contributed by atoms with Crippen molar-refractivity contribution in [2.45, 2.75) is 65.5 Å². The zero-order valence-corrected chi connectivity index (χ0v) is 11.6. The van der Waals surface area contributed by atoms with Gasteiger partial charge in [-0.3, -0.25) is 0 Å². The van der Waals surface area contributed by atoms with Crippen molar-refractivity contribution in [2.75, 3.05) is 19.6 Å². The first-order valence-corrected chi connectivity index (χ1v) is 7.14. The van der Waals surface area contributed by atoms with Gasteiger partial charge >= 0.3 is 0 Å². The van der Waals surface area contributed by atoms with Gasteiger partial charge in [-0.25, -0.2) is 0 Å². The average Bonchev–Trinajstić information content (AvgIpc) is 2.71. The highest BCUT2D eigenvalue weighted by Crippen LogP contribution is 2.24.